The summed E-state index contributed by atoms with van der Waals surface area (Å²) in [5.41, 5.74) is 1.04. The van der Waals surface area contributed by atoms with Crippen LogP contribution in [0.4, 0.5) is 4.39 Å². The van der Waals surface area contributed by atoms with Gasteiger partial charge in [0.1, 0.15) is 5.82 Å². The van der Waals surface area contributed by atoms with Gasteiger partial charge in [-0.25, -0.2) is 4.39 Å². The zero-order valence-corrected chi connectivity index (χ0v) is 11.2. The first kappa shape index (κ1) is 14.1. The molecule has 0 unspecified atom stereocenters. The van der Waals surface area contributed by atoms with Crippen LogP contribution in [-0.2, 0) is 11.3 Å². The van der Waals surface area contributed by atoms with E-state index >= 15 is 0 Å². The molecule has 0 aromatic heterocycles. The number of rotatable bonds is 5. The molecule has 1 aromatic carbocycles. The second-order valence-electron chi connectivity index (χ2n) is 5.22. The van der Waals surface area contributed by atoms with E-state index in [2.05, 4.69) is 25.7 Å². The summed E-state index contributed by atoms with van der Waals surface area (Å²) in [4.78, 5) is 2.28. The van der Waals surface area contributed by atoms with Gasteiger partial charge in [0, 0.05) is 25.7 Å². The monoisotopic (exact) mass is 239 g/mol. The smallest absolute Gasteiger partial charge is 0.123 e. The van der Waals surface area contributed by atoms with Crippen molar-refractivity contribution in [1.29, 1.82) is 0 Å². The molecule has 0 heterocycles. The number of methoxy groups -OCH3 is 1. The van der Waals surface area contributed by atoms with Crippen LogP contribution >= 0.6 is 0 Å². The summed E-state index contributed by atoms with van der Waals surface area (Å²) in [6.45, 7) is 8.74. The number of halogens is 1. The second-order valence-corrected chi connectivity index (χ2v) is 5.22. The second kappa shape index (κ2) is 6.12. The Kier molecular flexibility index (Phi) is 5.09. The topological polar surface area (TPSA) is 12.5 Å². The lowest BCUT2D eigenvalue weighted by Crippen LogP contribution is -2.42. The van der Waals surface area contributed by atoms with Gasteiger partial charge in [-0.3, -0.25) is 4.90 Å². The van der Waals surface area contributed by atoms with E-state index in [1.165, 1.54) is 6.07 Å². The van der Waals surface area contributed by atoms with E-state index in [0.717, 1.165) is 18.7 Å². The van der Waals surface area contributed by atoms with Crippen LogP contribution < -0.4 is 0 Å². The van der Waals surface area contributed by atoms with Crippen molar-refractivity contribution in [2.75, 3.05) is 20.3 Å². The van der Waals surface area contributed by atoms with Crippen molar-refractivity contribution < 1.29 is 9.13 Å². The summed E-state index contributed by atoms with van der Waals surface area (Å²) in [6, 6.07) is 6.77. The molecule has 0 aliphatic carbocycles. The van der Waals surface area contributed by atoms with Gasteiger partial charge in [-0.2, -0.15) is 0 Å². The van der Waals surface area contributed by atoms with Crippen LogP contribution in [-0.4, -0.2) is 30.7 Å². The fourth-order valence-electron chi connectivity index (χ4n) is 1.71. The molecule has 17 heavy (non-hydrogen) atoms. The van der Waals surface area contributed by atoms with Gasteiger partial charge in [-0.05, 0) is 38.5 Å². The molecule has 0 saturated heterocycles. The third kappa shape index (κ3) is 4.84. The van der Waals surface area contributed by atoms with Crippen molar-refractivity contribution in [1.82, 2.24) is 4.90 Å². The van der Waals surface area contributed by atoms with Crippen LogP contribution in [0.1, 0.15) is 26.3 Å². The van der Waals surface area contributed by atoms with Crippen LogP contribution in [0.5, 0.6) is 0 Å². The molecule has 0 N–H and O–H groups in total. The standard InChI is InChI=1S/C14H22FNO/c1-14(2,3)16(8-9-17-4)11-12-6-5-7-13(15)10-12/h5-7,10H,8-9,11H2,1-4H3. The lowest BCUT2D eigenvalue weighted by Gasteiger charge is -2.35. The Balaban J connectivity index is 2.72. The van der Waals surface area contributed by atoms with Crippen LogP contribution in [0.2, 0.25) is 0 Å². The molecule has 3 heteroatoms. The van der Waals surface area contributed by atoms with Crippen LogP contribution in [0.25, 0.3) is 0 Å². The molecule has 96 valence electrons. The van der Waals surface area contributed by atoms with Gasteiger partial charge in [-0.1, -0.05) is 12.1 Å². The van der Waals surface area contributed by atoms with Gasteiger partial charge in [0.25, 0.3) is 0 Å². The summed E-state index contributed by atoms with van der Waals surface area (Å²) in [5, 5.41) is 0. The number of nitrogens with zero attached hydrogens (tertiary/aromatic N) is 1. The van der Waals surface area contributed by atoms with Crippen LogP contribution in [0, 0.1) is 5.82 Å². The molecule has 0 bridgehead atoms. The summed E-state index contributed by atoms with van der Waals surface area (Å²) >= 11 is 0. The average molecular weight is 239 g/mol. The zero-order valence-electron chi connectivity index (χ0n) is 11.2. The Bertz CT molecular complexity index is 346. The number of ether oxygens (including phenoxy) is 1. The van der Waals surface area contributed by atoms with Crippen molar-refractivity contribution in [3.8, 4) is 0 Å². The molecule has 0 saturated carbocycles. The Morgan fingerprint density at radius 3 is 2.53 bits per heavy atom. The minimum Gasteiger partial charge on any atom is -0.383 e. The third-order valence-electron chi connectivity index (χ3n) is 2.78. The highest BCUT2D eigenvalue weighted by Gasteiger charge is 2.20. The first-order valence-corrected chi connectivity index (χ1v) is 5.92. The predicted molar refractivity (Wildman–Crippen MR) is 68.4 cm³/mol. The van der Waals surface area contributed by atoms with E-state index in [4.69, 9.17) is 4.74 Å². The minimum atomic E-state index is -0.178. The fraction of sp³-hybridized carbons (Fsp3) is 0.571. The van der Waals surface area contributed by atoms with Gasteiger partial charge < -0.3 is 4.74 Å². The van der Waals surface area contributed by atoms with Crippen molar-refractivity contribution in [3.63, 3.8) is 0 Å². The molecule has 0 atom stereocenters. The largest absolute Gasteiger partial charge is 0.383 e. The van der Waals surface area contributed by atoms with Crippen LogP contribution in [0.15, 0.2) is 24.3 Å². The van der Waals surface area contributed by atoms with E-state index in [1.807, 2.05) is 6.07 Å². The molecule has 0 spiro atoms. The van der Waals surface area contributed by atoms with E-state index < -0.39 is 0 Å². The Morgan fingerprint density at radius 2 is 2.00 bits per heavy atom. The highest BCUT2D eigenvalue weighted by atomic mass is 19.1. The SMILES string of the molecule is COCCN(Cc1cccc(F)c1)C(C)(C)C. The molecule has 1 rings (SSSR count). The van der Waals surface area contributed by atoms with Gasteiger partial charge >= 0.3 is 0 Å². The summed E-state index contributed by atoms with van der Waals surface area (Å²) in [5.74, 6) is -0.178. The van der Waals surface area contributed by atoms with Crippen molar-refractivity contribution in [2.24, 2.45) is 0 Å². The highest BCUT2D eigenvalue weighted by molar-refractivity contribution is 5.16. The van der Waals surface area contributed by atoms with Crippen molar-refractivity contribution >= 4 is 0 Å². The number of hydrogen-bond donors (Lipinski definition) is 0. The maximum absolute atomic E-state index is 13.1. The van der Waals surface area contributed by atoms with E-state index in [0.29, 0.717) is 6.61 Å². The zero-order chi connectivity index (χ0) is 12.9. The number of benzene rings is 1. The third-order valence-corrected chi connectivity index (χ3v) is 2.78. The highest BCUT2D eigenvalue weighted by Crippen LogP contribution is 2.17. The lowest BCUT2D eigenvalue weighted by molar-refractivity contribution is 0.0806. The molecule has 1 aromatic rings. The normalized spacial score (nSPS) is 12.1. The Labute approximate surface area is 103 Å². The molecular formula is C14H22FNO. The Hall–Kier alpha value is -0.930. The fourth-order valence-corrected chi connectivity index (χ4v) is 1.71. The first-order valence-electron chi connectivity index (χ1n) is 5.92. The van der Waals surface area contributed by atoms with Gasteiger partial charge in [-0.15, -0.1) is 0 Å². The molecule has 0 amide bonds. The molecular weight excluding hydrogens is 217 g/mol. The average Bonchev–Trinajstić information content (AvgIpc) is 2.22. The Morgan fingerprint density at radius 1 is 1.29 bits per heavy atom. The molecule has 0 fully saturated rings. The molecule has 0 radical (unpaired) electrons. The molecule has 0 aliphatic rings. The molecule has 2 nitrogen and oxygen atoms in total. The summed E-state index contributed by atoms with van der Waals surface area (Å²) < 4.78 is 18.2. The minimum absolute atomic E-state index is 0.0465. The van der Waals surface area contributed by atoms with Crippen molar-refractivity contribution in [3.05, 3.63) is 35.6 Å². The first-order chi connectivity index (χ1) is 7.93. The van der Waals surface area contributed by atoms with Crippen LogP contribution in [0.3, 0.4) is 0 Å². The lowest BCUT2D eigenvalue weighted by atomic mass is 10.0. The van der Waals surface area contributed by atoms with E-state index in [9.17, 15) is 4.39 Å². The summed E-state index contributed by atoms with van der Waals surface area (Å²) in [6.07, 6.45) is 0. The maximum atomic E-state index is 13.1. The van der Waals surface area contributed by atoms with Gasteiger partial charge in [0.05, 0.1) is 6.61 Å². The van der Waals surface area contributed by atoms with E-state index in [1.54, 1.807) is 19.2 Å². The van der Waals surface area contributed by atoms with E-state index in [-0.39, 0.29) is 11.4 Å². The summed E-state index contributed by atoms with van der Waals surface area (Å²) in [7, 11) is 1.70. The maximum Gasteiger partial charge on any atom is 0.123 e. The van der Waals surface area contributed by atoms with Crippen molar-refractivity contribution in [2.45, 2.75) is 32.9 Å². The van der Waals surface area contributed by atoms with Gasteiger partial charge in [0.2, 0.25) is 0 Å². The van der Waals surface area contributed by atoms with Gasteiger partial charge in [0.15, 0.2) is 0 Å². The number of hydrogen-bond acceptors (Lipinski definition) is 2. The molecule has 0 aliphatic heterocycles. The quantitative estimate of drug-likeness (QED) is 0.783. The predicted octanol–water partition coefficient (Wildman–Crippen LogP) is 3.07.